The molecule has 0 atom stereocenters. The van der Waals surface area contributed by atoms with Crippen LogP contribution in [0.25, 0.3) is 0 Å². The summed E-state index contributed by atoms with van der Waals surface area (Å²) < 4.78 is 8.24. The van der Waals surface area contributed by atoms with Gasteiger partial charge in [0.15, 0.2) is 11.9 Å². The van der Waals surface area contributed by atoms with Crippen molar-refractivity contribution in [2.24, 2.45) is 0 Å². The minimum absolute atomic E-state index is 0. The minimum atomic E-state index is -1.70. The molecule has 0 aromatic heterocycles. The number of hydrogen-bond acceptors (Lipinski definition) is 20. The van der Waals surface area contributed by atoms with Crippen LogP contribution in [0.1, 0.15) is 5.71 Å². The number of phenols is 4. The van der Waals surface area contributed by atoms with E-state index in [0.29, 0.717) is 0 Å². The third-order valence-corrected chi connectivity index (χ3v) is 4.18. The summed E-state index contributed by atoms with van der Waals surface area (Å²) in [5.41, 5.74) is -9.83. The molecule has 0 spiro atoms. The molecule has 0 bridgehead atoms. The molecule has 0 amide bonds. The van der Waals surface area contributed by atoms with Crippen molar-refractivity contribution in [3.05, 3.63) is 74.5 Å². The van der Waals surface area contributed by atoms with E-state index in [2.05, 4.69) is 23.3 Å². The smallest absolute Gasteiger partial charge is 1.00 e. The van der Waals surface area contributed by atoms with E-state index in [0.717, 1.165) is 0 Å². The topological polar surface area (TPSA) is 392 Å². The molecule has 2 rings (SSSR count). The average Bonchev–Trinajstić information content (AvgIpc) is 2.76. The number of carbonyl (C=O) groups is 2. The van der Waals surface area contributed by atoms with E-state index in [9.17, 15) is 90.7 Å². The van der Waals surface area contributed by atoms with E-state index in [1.54, 1.807) is 0 Å². The molecule has 45 heavy (non-hydrogen) atoms. The number of carbonyl (C=O) groups excluding carboxylic acids is 2. The monoisotopic (exact) mass is 1020 g/mol. The predicted octanol–water partition coefficient (Wildman–Crippen LogP) is 0.431. The summed E-state index contributed by atoms with van der Waals surface area (Å²) in [5.74, 6) is -12.7. The second kappa shape index (κ2) is 19.2. The first-order chi connectivity index (χ1) is 19.2. The van der Waals surface area contributed by atoms with Gasteiger partial charge in [-0.25, -0.2) is 0 Å². The number of rotatable bonds is 8. The molecule has 26 nitrogen and oxygen atoms in total. The van der Waals surface area contributed by atoms with Gasteiger partial charge in [-0.15, -0.1) is 0 Å². The van der Waals surface area contributed by atoms with Crippen molar-refractivity contribution < 1.29 is 74.7 Å². The molecule has 0 unspecified atom stereocenters. The Morgan fingerprint density at radius 3 is 0.733 bits per heavy atom. The molecule has 0 saturated heterocycles. The van der Waals surface area contributed by atoms with Gasteiger partial charge >= 0.3 is 181 Å². The van der Waals surface area contributed by atoms with Crippen molar-refractivity contribution in [2.75, 3.05) is 0 Å². The van der Waals surface area contributed by atoms with Gasteiger partial charge in [0.2, 0.25) is 0 Å². The van der Waals surface area contributed by atoms with Crippen LogP contribution < -0.4 is 9.47 Å². The maximum absolute atomic E-state index is 10.8. The average molecular weight is 1020 g/mol. The van der Waals surface area contributed by atoms with Gasteiger partial charge in [-0.3, -0.25) is 84.1 Å². The number of ether oxygens (including phenoxy) is 2. The van der Waals surface area contributed by atoms with Gasteiger partial charge in [-0.2, -0.15) is 0 Å². The Balaban J connectivity index is -0.000000126. The Hall–Kier alpha value is -2.57. The van der Waals surface area contributed by atoms with Crippen molar-refractivity contribution in [1.82, 2.24) is 0 Å². The fourth-order valence-electron chi connectivity index (χ4n) is 2.77. The van der Waals surface area contributed by atoms with Crippen molar-refractivity contribution in [3.63, 3.8) is 0 Å². The number of nitrogens with zero attached hydrogens (tertiary/aromatic N) is 6. The Kier molecular flexibility index (Phi) is 20.0. The Morgan fingerprint density at radius 2 is 0.622 bits per heavy atom. The number of aromatic hydroxyl groups is 4. The first-order valence-electron chi connectivity index (χ1n) is 9.36. The van der Waals surface area contributed by atoms with Gasteiger partial charge in [0.05, 0.1) is 29.5 Å². The van der Waals surface area contributed by atoms with Crippen molar-refractivity contribution in [1.29, 1.82) is 0 Å². The van der Waals surface area contributed by atoms with Gasteiger partial charge in [0.1, 0.15) is 0 Å². The third-order valence-electron chi connectivity index (χ3n) is 4.18. The van der Waals surface area contributed by atoms with Crippen molar-refractivity contribution >= 4 is 193 Å². The summed E-state index contributed by atoms with van der Waals surface area (Å²) in [4.78, 5) is 77.2. The molecule has 0 saturated carbocycles. The van der Waals surface area contributed by atoms with E-state index < -0.39 is 110 Å². The van der Waals surface area contributed by atoms with Gasteiger partial charge in [-0.05, 0) is 0 Å². The standard InChI is InChI=1S/2C8H4N3O10.3Ba.4H/c2*1-2(12)21-8-4(10(17)18)6(13)3(9(15)16)7(14)5(8)11(19)20;;;;;;;/h2*13-14H,1H2;;;;;;;/q2*-1;3*+2;4*-1. The normalized spacial score (nSPS) is 9.24. The number of hydrogen-bond donors (Lipinski definition) is 4. The van der Waals surface area contributed by atoms with Crippen LogP contribution in [0.3, 0.4) is 0 Å². The van der Waals surface area contributed by atoms with Gasteiger partial charge in [0.25, 0.3) is 34.5 Å². The van der Waals surface area contributed by atoms with E-state index in [1.165, 1.54) is 0 Å². The summed E-state index contributed by atoms with van der Waals surface area (Å²) in [6, 6.07) is 0. The number of phenolic OH excluding ortho intramolecular Hbond substituents is 4. The molecule has 0 heterocycles. The number of esters is 2. The summed E-state index contributed by atoms with van der Waals surface area (Å²) in [5, 5.41) is 102. The molecule has 0 aliphatic heterocycles. The minimum Gasteiger partial charge on any atom is -1.00 e. The molecule has 29 heteroatoms. The summed E-state index contributed by atoms with van der Waals surface area (Å²) in [7, 11) is 0. The largest absolute Gasteiger partial charge is 2.00 e. The van der Waals surface area contributed by atoms with E-state index >= 15 is 0 Å². The van der Waals surface area contributed by atoms with Crippen LogP contribution in [0.5, 0.6) is 34.5 Å². The quantitative estimate of drug-likeness (QED) is 0.0695. The molecule has 2 aromatic carbocycles. The van der Waals surface area contributed by atoms with Crippen LogP contribution in [0.4, 0.5) is 34.1 Å². The number of nitro groups is 6. The second-order valence-electron chi connectivity index (χ2n) is 6.64. The number of nitro benzene ring substituents is 6. The Labute approximate surface area is 370 Å². The molecular formula is C16H12Ba3N6O20. The fourth-order valence-corrected chi connectivity index (χ4v) is 2.77. The van der Waals surface area contributed by atoms with Gasteiger partial charge in [-0.1, -0.05) is 0 Å². The molecule has 0 radical (unpaired) electrons. The molecule has 232 valence electrons. The molecule has 0 aliphatic rings. The van der Waals surface area contributed by atoms with Crippen LogP contribution in [0.15, 0.2) is 0 Å². The van der Waals surface area contributed by atoms with E-state index in [4.69, 9.17) is 0 Å². The van der Waals surface area contributed by atoms with Crippen molar-refractivity contribution in [3.8, 4) is 34.5 Å². The fraction of sp³-hybridized carbons (Fsp3) is 0. The summed E-state index contributed by atoms with van der Waals surface area (Å²) >= 11 is 0. The van der Waals surface area contributed by atoms with Crippen LogP contribution in [0.2, 0.25) is 0 Å². The Morgan fingerprint density at radius 1 is 0.467 bits per heavy atom. The Bertz CT molecular complexity index is 1430. The van der Waals surface area contributed by atoms with Crippen LogP contribution in [-0.4, -0.2) is 209 Å². The van der Waals surface area contributed by atoms with Crippen LogP contribution in [0, 0.1) is 74.5 Å². The molecule has 4 N–H and O–H groups in total. The van der Waals surface area contributed by atoms with Gasteiger partial charge < -0.3 is 35.6 Å². The second-order valence-corrected chi connectivity index (χ2v) is 6.64. The number of benzene rings is 2. The van der Waals surface area contributed by atoms with Gasteiger partial charge in [0, 0.05) is 0 Å². The summed E-state index contributed by atoms with van der Waals surface area (Å²) in [6.07, 6.45) is 0. The maximum atomic E-state index is 10.8. The molecule has 0 fully saturated rings. The summed E-state index contributed by atoms with van der Waals surface area (Å²) in [6.45, 7) is 5.30. The SMILES string of the molecule is [Ba+2].[Ba+2].[Ba+2].[CH2-]C(=O)Oc1c([N+](=O)[O-])c(O)c([N+](=O)[O-])c(O)c1[N+](=O)[O-].[CH2-]C(=O)Oc1c([N+](=O)[O-])c(O)c([N+](=O)[O-])c(O)c1[N+](=O)[O-].[H-].[H-].[H-].[H-]. The zero-order chi connectivity index (χ0) is 33.0. The predicted molar refractivity (Wildman–Crippen MR) is 143 cm³/mol. The molecule has 0 aliphatic carbocycles. The zero-order valence-corrected chi connectivity index (χ0v) is 34.9. The first kappa shape index (κ1) is 46.8. The van der Waals surface area contributed by atoms with Crippen LogP contribution in [-0.2, 0) is 9.59 Å². The first-order valence-corrected chi connectivity index (χ1v) is 9.36. The third kappa shape index (κ3) is 10.7. The molecular weight excluding hydrogens is 1010 g/mol. The van der Waals surface area contributed by atoms with Crippen molar-refractivity contribution in [2.45, 2.75) is 0 Å². The van der Waals surface area contributed by atoms with Crippen LogP contribution >= 0.6 is 0 Å². The molecule has 2 aromatic rings. The van der Waals surface area contributed by atoms with E-state index in [-0.39, 0.29) is 152 Å². The van der Waals surface area contributed by atoms with E-state index in [1.807, 2.05) is 0 Å². The zero-order valence-electron chi connectivity index (χ0n) is 25.5. The maximum Gasteiger partial charge on any atom is 2.00 e.